The molecule has 1 aromatic heterocycles. The highest BCUT2D eigenvalue weighted by molar-refractivity contribution is 6.35. The predicted molar refractivity (Wildman–Crippen MR) is 65.5 cm³/mol. The lowest BCUT2D eigenvalue weighted by Gasteiger charge is -2.06. The summed E-state index contributed by atoms with van der Waals surface area (Å²) in [4.78, 5) is 3.97. The number of benzene rings is 1. The van der Waals surface area contributed by atoms with Crippen molar-refractivity contribution in [3.63, 3.8) is 0 Å². The van der Waals surface area contributed by atoms with Crippen LogP contribution in [0.15, 0.2) is 36.5 Å². The Morgan fingerprint density at radius 1 is 1.18 bits per heavy atom. The van der Waals surface area contributed by atoms with Gasteiger partial charge < -0.3 is 4.74 Å². The zero-order valence-electron chi connectivity index (χ0n) is 8.52. The Morgan fingerprint density at radius 2 is 2.00 bits per heavy atom. The lowest BCUT2D eigenvalue weighted by molar-refractivity contribution is 0.463. The van der Waals surface area contributed by atoms with Gasteiger partial charge in [0.05, 0.1) is 10.6 Å². The van der Waals surface area contributed by atoms with Gasteiger partial charge in [-0.25, -0.2) is 4.98 Å². The fourth-order valence-corrected chi connectivity index (χ4v) is 1.62. The number of hydrogen-bond acceptors (Lipinski definition) is 3. The third kappa shape index (κ3) is 2.88. The molecule has 2 aromatic rings. The molecule has 0 N–H and O–H groups in total. The van der Waals surface area contributed by atoms with E-state index in [0.29, 0.717) is 27.2 Å². The van der Waals surface area contributed by atoms with Crippen molar-refractivity contribution in [2.75, 3.05) is 0 Å². The fourth-order valence-electron chi connectivity index (χ4n) is 1.18. The molecular weight excluding hydrogens is 259 g/mol. The van der Waals surface area contributed by atoms with Crippen molar-refractivity contribution < 1.29 is 4.74 Å². The average molecular weight is 265 g/mol. The first-order valence-corrected chi connectivity index (χ1v) is 5.43. The molecule has 0 amide bonds. The second-order valence-electron chi connectivity index (χ2n) is 3.17. The maximum Gasteiger partial charge on any atom is 0.219 e. The third-order valence-corrected chi connectivity index (χ3v) is 2.50. The minimum atomic E-state index is 0.369. The van der Waals surface area contributed by atoms with E-state index in [9.17, 15) is 0 Å². The summed E-state index contributed by atoms with van der Waals surface area (Å²) in [6, 6.07) is 10.1. The van der Waals surface area contributed by atoms with Crippen LogP contribution in [-0.2, 0) is 0 Å². The van der Waals surface area contributed by atoms with Gasteiger partial charge in [-0.2, -0.15) is 5.26 Å². The number of hydrogen-bond donors (Lipinski definition) is 0. The van der Waals surface area contributed by atoms with Crippen LogP contribution < -0.4 is 4.74 Å². The molecule has 1 heterocycles. The molecule has 0 radical (unpaired) electrons. The maximum absolute atomic E-state index is 8.63. The smallest absolute Gasteiger partial charge is 0.219 e. The first-order valence-electron chi connectivity index (χ1n) is 4.68. The van der Waals surface area contributed by atoms with Gasteiger partial charge in [0.1, 0.15) is 11.8 Å². The fraction of sp³-hybridized carbons (Fsp3) is 0. The van der Waals surface area contributed by atoms with Crippen LogP contribution in [0, 0.1) is 11.3 Å². The van der Waals surface area contributed by atoms with Crippen LogP contribution >= 0.6 is 23.2 Å². The molecule has 3 nitrogen and oxygen atoms in total. The van der Waals surface area contributed by atoms with Crippen LogP contribution in [0.4, 0.5) is 0 Å². The van der Waals surface area contributed by atoms with Gasteiger partial charge >= 0.3 is 0 Å². The Kier molecular flexibility index (Phi) is 3.48. The van der Waals surface area contributed by atoms with Crippen molar-refractivity contribution in [3.05, 3.63) is 52.1 Å². The summed E-state index contributed by atoms with van der Waals surface area (Å²) in [6.45, 7) is 0. The molecule has 0 bridgehead atoms. The Hall–Kier alpha value is -1.76. The molecule has 5 heteroatoms. The first-order chi connectivity index (χ1) is 8.19. The SMILES string of the molecule is N#Cc1ccc(Oc2ccc(Cl)cc2Cl)nc1. The van der Waals surface area contributed by atoms with Crippen molar-refractivity contribution in [3.8, 4) is 17.7 Å². The lowest BCUT2D eigenvalue weighted by atomic mass is 10.3. The maximum atomic E-state index is 8.63. The van der Waals surface area contributed by atoms with Crippen LogP contribution in [0.5, 0.6) is 11.6 Å². The van der Waals surface area contributed by atoms with E-state index < -0.39 is 0 Å². The molecule has 0 aliphatic heterocycles. The molecule has 17 heavy (non-hydrogen) atoms. The van der Waals surface area contributed by atoms with E-state index in [1.165, 1.54) is 6.20 Å². The minimum Gasteiger partial charge on any atom is -0.437 e. The Balaban J connectivity index is 2.23. The van der Waals surface area contributed by atoms with E-state index in [-0.39, 0.29) is 0 Å². The van der Waals surface area contributed by atoms with E-state index in [2.05, 4.69) is 4.98 Å². The number of ether oxygens (including phenoxy) is 1. The summed E-state index contributed by atoms with van der Waals surface area (Å²) in [7, 11) is 0. The molecule has 1 aromatic carbocycles. The average Bonchev–Trinajstić information content (AvgIpc) is 2.34. The molecule has 0 fully saturated rings. The van der Waals surface area contributed by atoms with E-state index in [1.54, 1.807) is 30.3 Å². The molecule has 0 atom stereocenters. The Bertz CT molecular complexity index is 576. The minimum absolute atomic E-state index is 0.369. The molecule has 2 rings (SSSR count). The summed E-state index contributed by atoms with van der Waals surface area (Å²) in [6.07, 6.45) is 1.43. The molecule has 0 saturated heterocycles. The third-order valence-electron chi connectivity index (χ3n) is 1.97. The standard InChI is InChI=1S/C12H6Cl2N2O/c13-9-2-3-11(10(14)5-9)17-12-4-1-8(6-15)7-16-12/h1-5,7H. The van der Waals surface area contributed by atoms with E-state index in [4.69, 9.17) is 33.2 Å². The van der Waals surface area contributed by atoms with Crippen molar-refractivity contribution >= 4 is 23.2 Å². The van der Waals surface area contributed by atoms with E-state index in [0.717, 1.165) is 0 Å². The Morgan fingerprint density at radius 3 is 2.59 bits per heavy atom. The summed E-state index contributed by atoms with van der Waals surface area (Å²) < 4.78 is 5.45. The first kappa shape index (κ1) is 11.7. The van der Waals surface area contributed by atoms with Gasteiger partial charge in [0.15, 0.2) is 0 Å². The summed E-state index contributed by atoms with van der Waals surface area (Å²) in [5.41, 5.74) is 0.472. The van der Waals surface area contributed by atoms with Crippen LogP contribution in [0.1, 0.15) is 5.56 Å². The quantitative estimate of drug-likeness (QED) is 0.822. The summed E-state index contributed by atoms with van der Waals surface area (Å²) in [5, 5.41) is 9.57. The summed E-state index contributed by atoms with van der Waals surface area (Å²) >= 11 is 11.7. The van der Waals surface area contributed by atoms with Gasteiger partial charge in [0.25, 0.3) is 0 Å². The van der Waals surface area contributed by atoms with Crippen LogP contribution in [0.3, 0.4) is 0 Å². The van der Waals surface area contributed by atoms with Gasteiger partial charge in [-0.05, 0) is 24.3 Å². The van der Waals surface area contributed by atoms with Crippen LogP contribution in [0.25, 0.3) is 0 Å². The summed E-state index contributed by atoms with van der Waals surface area (Å²) in [5.74, 6) is 0.835. The number of rotatable bonds is 2. The largest absolute Gasteiger partial charge is 0.437 e. The second kappa shape index (κ2) is 5.05. The normalized spacial score (nSPS) is 9.71. The van der Waals surface area contributed by atoms with Crippen LogP contribution in [-0.4, -0.2) is 4.98 Å². The topological polar surface area (TPSA) is 45.9 Å². The molecule has 0 aliphatic carbocycles. The van der Waals surface area contributed by atoms with Gasteiger partial charge in [0.2, 0.25) is 5.88 Å². The number of nitriles is 1. The highest BCUT2D eigenvalue weighted by Crippen LogP contribution is 2.30. The van der Waals surface area contributed by atoms with Gasteiger partial charge in [-0.15, -0.1) is 0 Å². The number of nitrogens with zero attached hydrogens (tertiary/aromatic N) is 2. The van der Waals surface area contributed by atoms with Gasteiger partial charge in [-0.3, -0.25) is 0 Å². The molecule has 0 saturated carbocycles. The molecular formula is C12H6Cl2N2O. The highest BCUT2D eigenvalue weighted by atomic mass is 35.5. The Labute approximate surface area is 108 Å². The monoisotopic (exact) mass is 264 g/mol. The zero-order chi connectivity index (χ0) is 12.3. The predicted octanol–water partition coefficient (Wildman–Crippen LogP) is 4.05. The van der Waals surface area contributed by atoms with Crippen molar-refractivity contribution in [1.29, 1.82) is 5.26 Å². The molecule has 84 valence electrons. The van der Waals surface area contributed by atoms with Gasteiger partial charge in [0, 0.05) is 17.3 Å². The molecule has 0 aliphatic rings. The molecule has 0 spiro atoms. The number of pyridine rings is 1. The zero-order valence-corrected chi connectivity index (χ0v) is 10.0. The number of halogens is 2. The van der Waals surface area contributed by atoms with E-state index in [1.807, 2.05) is 6.07 Å². The second-order valence-corrected chi connectivity index (χ2v) is 4.02. The highest BCUT2D eigenvalue weighted by Gasteiger charge is 2.04. The number of aromatic nitrogens is 1. The van der Waals surface area contributed by atoms with Crippen LogP contribution in [0.2, 0.25) is 10.0 Å². The van der Waals surface area contributed by atoms with Crippen molar-refractivity contribution in [2.45, 2.75) is 0 Å². The lowest BCUT2D eigenvalue weighted by Crippen LogP contribution is -1.89. The van der Waals surface area contributed by atoms with Crippen molar-refractivity contribution in [2.24, 2.45) is 0 Å². The molecule has 0 unspecified atom stereocenters. The van der Waals surface area contributed by atoms with Crippen molar-refractivity contribution in [1.82, 2.24) is 4.98 Å². The van der Waals surface area contributed by atoms with Gasteiger partial charge in [-0.1, -0.05) is 23.2 Å². The van der Waals surface area contributed by atoms with E-state index >= 15 is 0 Å².